The standard InChI is InChI=1S/C12H9BrN2O.C6H6BrN.C6H4N2.CH4/c13-9-1-2-11(14)10(7-9)12(16)8-3-5-15-6-4-8;7-5-1-3-6(8)4-2-5;1-7-6-2-4-8-5-3-6;/h1-7H,14H2;1-4H,8H2;2-5H;1H4. The fourth-order valence-corrected chi connectivity index (χ4v) is 2.89. The summed E-state index contributed by atoms with van der Waals surface area (Å²) in [6.07, 6.45) is 6.38. The summed E-state index contributed by atoms with van der Waals surface area (Å²) < 4.78 is 1.89. The van der Waals surface area contributed by atoms with Crippen LogP contribution in [-0.4, -0.2) is 15.8 Å². The van der Waals surface area contributed by atoms with E-state index in [1.807, 2.05) is 24.3 Å². The van der Waals surface area contributed by atoms with Crippen molar-refractivity contribution in [2.75, 3.05) is 11.5 Å². The van der Waals surface area contributed by atoms with Gasteiger partial charge < -0.3 is 11.5 Å². The first-order valence-electron chi connectivity index (χ1n) is 9.19. The zero-order valence-electron chi connectivity index (χ0n) is 16.8. The third kappa shape index (κ3) is 9.64. The molecule has 0 bridgehead atoms. The lowest BCUT2D eigenvalue weighted by Crippen LogP contribution is -2.05. The lowest BCUT2D eigenvalue weighted by molar-refractivity contribution is 0.103. The van der Waals surface area contributed by atoms with Crippen molar-refractivity contribution >= 4 is 54.7 Å². The molecule has 33 heavy (non-hydrogen) atoms. The van der Waals surface area contributed by atoms with E-state index in [9.17, 15) is 4.79 Å². The fourth-order valence-electron chi connectivity index (χ4n) is 2.27. The van der Waals surface area contributed by atoms with Crippen LogP contribution in [0.25, 0.3) is 4.85 Å². The van der Waals surface area contributed by atoms with Crippen LogP contribution in [0.1, 0.15) is 23.3 Å². The second-order valence-electron chi connectivity index (χ2n) is 6.17. The number of nitrogens with two attached hydrogens (primary N) is 2. The van der Waals surface area contributed by atoms with E-state index in [4.69, 9.17) is 18.0 Å². The molecule has 0 radical (unpaired) electrons. The molecule has 0 amide bonds. The maximum atomic E-state index is 12.1. The van der Waals surface area contributed by atoms with E-state index in [1.165, 1.54) is 0 Å². The normalized spacial score (nSPS) is 9.00. The van der Waals surface area contributed by atoms with Crippen LogP contribution in [0.3, 0.4) is 0 Å². The molecule has 4 aromatic rings. The molecule has 0 fully saturated rings. The largest absolute Gasteiger partial charge is 0.399 e. The summed E-state index contributed by atoms with van der Waals surface area (Å²) in [6.45, 7) is 6.54. The van der Waals surface area contributed by atoms with E-state index >= 15 is 0 Å². The molecule has 0 atom stereocenters. The van der Waals surface area contributed by atoms with Gasteiger partial charge in [-0.3, -0.25) is 14.8 Å². The molecule has 8 heteroatoms. The molecule has 168 valence electrons. The van der Waals surface area contributed by atoms with Gasteiger partial charge in [-0.05, 0) is 66.7 Å². The molecule has 0 spiro atoms. The highest BCUT2D eigenvalue weighted by molar-refractivity contribution is 9.10. The molecule has 2 aromatic heterocycles. The molecular weight excluding hydrogens is 546 g/mol. The van der Waals surface area contributed by atoms with Crippen molar-refractivity contribution in [3.05, 3.63) is 123 Å². The molecule has 4 N–H and O–H groups in total. The van der Waals surface area contributed by atoms with Gasteiger partial charge in [-0.25, -0.2) is 4.85 Å². The molecule has 0 saturated heterocycles. The summed E-state index contributed by atoms with van der Waals surface area (Å²) in [6, 6.07) is 19.4. The summed E-state index contributed by atoms with van der Waals surface area (Å²) in [4.78, 5) is 22.9. The van der Waals surface area contributed by atoms with Gasteiger partial charge in [-0.2, -0.15) is 0 Å². The quantitative estimate of drug-likeness (QED) is 0.155. The first kappa shape index (κ1) is 27.5. The molecular formula is C25H23Br2N5O. The number of carbonyl (C=O) groups is 1. The maximum absolute atomic E-state index is 12.1. The minimum absolute atomic E-state index is 0. The number of hydrogen-bond acceptors (Lipinski definition) is 5. The summed E-state index contributed by atoms with van der Waals surface area (Å²) in [5, 5.41) is 0. The van der Waals surface area contributed by atoms with Gasteiger partial charge in [0.1, 0.15) is 0 Å². The molecule has 0 unspecified atom stereocenters. The number of ketones is 1. The monoisotopic (exact) mass is 567 g/mol. The maximum Gasteiger partial charge on any atom is 0.195 e. The number of pyridine rings is 2. The zero-order valence-corrected chi connectivity index (χ0v) is 20.0. The van der Waals surface area contributed by atoms with E-state index in [0.717, 1.165) is 14.6 Å². The van der Waals surface area contributed by atoms with Crippen LogP contribution in [-0.2, 0) is 0 Å². The Labute approximate surface area is 210 Å². The van der Waals surface area contributed by atoms with E-state index in [1.54, 1.807) is 67.3 Å². The Morgan fingerprint density at radius 2 is 1.30 bits per heavy atom. The molecule has 4 rings (SSSR count). The van der Waals surface area contributed by atoms with Crippen LogP contribution in [0.2, 0.25) is 0 Å². The smallest absolute Gasteiger partial charge is 0.195 e. The van der Waals surface area contributed by atoms with Gasteiger partial charge in [-0.15, -0.1) is 0 Å². The van der Waals surface area contributed by atoms with Crippen molar-refractivity contribution in [3.8, 4) is 0 Å². The highest BCUT2D eigenvalue weighted by Crippen LogP contribution is 2.21. The van der Waals surface area contributed by atoms with Gasteiger partial charge in [0.25, 0.3) is 0 Å². The first-order chi connectivity index (χ1) is 15.4. The number of rotatable bonds is 2. The average molecular weight is 569 g/mol. The Kier molecular flexibility index (Phi) is 12.1. The van der Waals surface area contributed by atoms with Crippen LogP contribution < -0.4 is 11.5 Å². The lowest BCUT2D eigenvalue weighted by atomic mass is 10.0. The summed E-state index contributed by atoms with van der Waals surface area (Å²) >= 11 is 6.61. The number of anilines is 2. The third-order valence-electron chi connectivity index (χ3n) is 3.86. The van der Waals surface area contributed by atoms with Gasteiger partial charge in [0.05, 0.1) is 6.57 Å². The number of carbonyl (C=O) groups excluding carboxylic acids is 1. The third-order valence-corrected chi connectivity index (χ3v) is 4.89. The minimum Gasteiger partial charge on any atom is -0.399 e. The number of aromatic nitrogens is 2. The first-order valence-corrected chi connectivity index (χ1v) is 10.8. The Morgan fingerprint density at radius 1 is 0.788 bits per heavy atom. The second-order valence-corrected chi connectivity index (χ2v) is 8.00. The predicted molar refractivity (Wildman–Crippen MR) is 142 cm³/mol. The van der Waals surface area contributed by atoms with Gasteiger partial charge >= 0.3 is 0 Å². The molecule has 2 aromatic carbocycles. The van der Waals surface area contributed by atoms with Crippen molar-refractivity contribution in [3.63, 3.8) is 0 Å². The van der Waals surface area contributed by atoms with Crippen LogP contribution in [0, 0.1) is 6.57 Å². The zero-order chi connectivity index (χ0) is 23.3. The van der Waals surface area contributed by atoms with Crippen molar-refractivity contribution in [1.29, 1.82) is 0 Å². The second kappa shape index (κ2) is 14.5. The van der Waals surface area contributed by atoms with Crippen LogP contribution in [0.15, 0.2) is 100 Å². The molecule has 0 saturated carbocycles. The van der Waals surface area contributed by atoms with Crippen molar-refractivity contribution in [1.82, 2.24) is 9.97 Å². The molecule has 0 aliphatic rings. The summed E-state index contributed by atoms with van der Waals surface area (Å²) in [7, 11) is 0. The van der Waals surface area contributed by atoms with Gasteiger partial charge in [0, 0.05) is 56.2 Å². The Morgan fingerprint density at radius 3 is 1.79 bits per heavy atom. The van der Waals surface area contributed by atoms with E-state index < -0.39 is 0 Å². The van der Waals surface area contributed by atoms with Gasteiger partial charge in [-0.1, -0.05) is 39.3 Å². The SMILES string of the molecule is C.Nc1ccc(Br)cc1.Nc1ccc(Br)cc1C(=O)c1ccncc1.[C-]#[N+]c1ccncc1. The fraction of sp³-hybridized carbons (Fsp3) is 0.0400. The van der Waals surface area contributed by atoms with Crippen LogP contribution in [0.5, 0.6) is 0 Å². The minimum atomic E-state index is -0.0961. The van der Waals surface area contributed by atoms with Crippen LogP contribution in [0.4, 0.5) is 17.1 Å². The van der Waals surface area contributed by atoms with E-state index in [2.05, 4.69) is 46.7 Å². The lowest BCUT2D eigenvalue weighted by Gasteiger charge is -2.05. The van der Waals surface area contributed by atoms with Crippen LogP contribution >= 0.6 is 31.9 Å². The number of halogens is 2. The summed E-state index contributed by atoms with van der Waals surface area (Å²) in [5.74, 6) is -0.0961. The topological polar surface area (TPSA) is 99.2 Å². The highest BCUT2D eigenvalue weighted by atomic mass is 79.9. The number of benzene rings is 2. The van der Waals surface area contributed by atoms with E-state index in [0.29, 0.717) is 22.5 Å². The Bertz CT molecular complexity index is 1160. The summed E-state index contributed by atoms with van der Waals surface area (Å²) in [5.41, 5.74) is 14.2. The predicted octanol–water partition coefficient (Wildman–Crippen LogP) is 6.96. The van der Waals surface area contributed by atoms with Crippen molar-refractivity contribution < 1.29 is 4.79 Å². The van der Waals surface area contributed by atoms with Crippen molar-refractivity contribution in [2.24, 2.45) is 0 Å². The highest BCUT2D eigenvalue weighted by Gasteiger charge is 2.12. The Balaban J connectivity index is 0.000000271. The molecule has 2 heterocycles. The molecule has 0 aliphatic carbocycles. The average Bonchev–Trinajstić information content (AvgIpc) is 2.84. The van der Waals surface area contributed by atoms with Gasteiger partial charge in [0.2, 0.25) is 0 Å². The number of hydrogen-bond donors (Lipinski definition) is 2. The number of nitrogens with zero attached hydrogens (tertiary/aromatic N) is 3. The molecule has 0 aliphatic heterocycles. The molecule has 6 nitrogen and oxygen atoms in total. The van der Waals surface area contributed by atoms with Gasteiger partial charge in [0.15, 0.2) is 11.5 Å². The number of nitrogen functional groups attached to an aromatic ring is 2. The van der Waals surface area contributed by atoms with Crippen molar-refractivity contribution in [2.45, 2.75) is 7.43 Å². The Hall–Kier alpha value is -3.54. The van der Waals surface area contributed by atoms with E-state index in [-0.39, 0.29) is 13.2 Å².